The standard InChI is InChI=1S/C23H28N2O3S/c1-22(2)11-12-23(3,4)20-13-18(9-10-19(20)22)25(21(26)14-24)17-7-5-16(6-8-17)15-29(27)28/h5-10,13,15H,11-12,14,24H2,1-4H3. The molecule has 1 amide bonds. The van der Waals surface area contributed by atoms with Crippen molar-refractivity contribution in [2.24, 2.45) is 5.73 Å². The average Bonchev–Trinajstić information content (AvgIpc) is 2.66. The van der Waals surface area contributed by atoms with Crippen molar-refractivity contribution in [2.45, 2.75) is 51.4 Å². The monoisotopic (exact) mass is 412 g/mol. The molecule has 3 rings (SSSR count). The van der Waals surface area contributed by atoms with Gasteiger partial charge in [0.25, 0.3) is 0 Å². The van der Waals surface area contributed by atoms with Crippen LogP contribution in [0.5, 0.6) is 0 Å². The first-order chi connectivity index (χ1) is 13.5. The van der Waals surface area contributed by atoms with Gasteiger partial charge in [-0.05, 0) is 64.6 Å². The molecule has 0 spiro atoms. The van der Waals surface area contributed by atoms with E-state index in [0.717, 1.165) is 23.9 Å². The fourth-order valence-corrected chi connectivity index (χ4v) is 4.44. The second kappa shape index (κ2) is 7.76. The molecule has 0 bridgehead atoms. The Morgan fingerprint density at radius 2 is 1.52 bits per heavy atom. The largest absolute Gasteiger partial charge is 0.322 e. The third kappa shape index (κ3) is 4.28. The van der Waals surface area contributed by atoms with Crippen LogP contribution in [0.2, 0.25) is 0 Å². The number of rotatable bonds is 4. The lowest BCUT2D eigenvalue weighted by Crippen LogP contribution is -2.35. The Bertz CT molecular complexity index is 1060. The summed E-state index contributed by atoms with van der Waals surface area (Å²) in [6, 6.07) is 13.0. The van der Waals surface area contributed by atoms with Crippen LogP contribution in [0.4, 0.5) is 11.4 Å². The molecular formula is C23H28N2O3S. The summed E-state index contributed by atoms with van der Waals surface area (Å²) >= 11 is 0. The van der Waals surface area contributed by atoms with E-state index in [1.165, 1.54) is 11.1 Å². The SMILES string of the molecule is CC1(C)CCC(C)(C)c2cc(N(C(=O)CN)c3ccc(C=S(=O)=O)cc3)ccc21. The minimum atomic E-state index is -2.27. The lowest BCUT2D eigenvalue weighted by molar-refractivity contribution is -0.116. The van der Waals surface area contributed by atoms with Crippen LogP contribution in [-0.4, -0.2) is 26.2 Å². The van der Waals surface area contributed by atoms with Gasteiger partial charge in [-0.1, -0.05) is 45.9 Å². The molecule has 0 unspecified atom stereocenters. The summed E-state index contributed by atoms with van der Waals surface area (Å²) in [5, 5.41) is 1.13. The number of hydrogen-bond acceptors (Lipinski definition) is 4. The zero-order chi connectivity index (χ0) is 21.4. The Balaban J connectivity index is 2.11. The third-order valence-corrected chi connectivity index (χ3v) is 6.37. The first kappa shape index (κ1) is 21.3. The molecule has 0 saturated heterocycles. The zero-order valence-corrected chi connectivity index (χ0v) is 18.2. The van der Waals surface area contributed by atoms with Gasteiger partial charge >= 0.3 is 0 Å². The Morgan fingerprint density at radius 1 is 0.966 bits per heavy atom. The smallest absolute Gasteiger partial charge is 0.245 e. The molecule has 2 aromatic carbocycles. The molecule has 0 radical (unpaired) electrons. The lowest BCUT2D eigenvalue weighted by Gasteiger charge is -2.42. The first-order valence-corrected chi connectivity index (χ1v) is 10.9. The predicted octanol–water partition coefficient (Wildman–Crippen LogP) is 3.69. The Kier molecular flexibility index (Phi) is 5.70. The minimum absolute atomic E-state index is 0.0231. The summed E-state index contributed by atoms with van der Waals surface area (Å²) in [6.07, 6.45) is 2.20. The molecule has 5 nitrogen and oxygen atoms in total. The van der Waals surface area contributed by atoms with Gasteiger partial charge in [0, 0.05) is 11.4 Å². The molecule has 0 atom stereocenters. The Labute approximate surface area is 174 Å². The highest BCUT2D eigenvalue weighted by atomic mass is 32.2. The summed E-state index contributed by atoms with van der Waals surface area (Å²) in [4.78, 5) is 14.3. The van der Waals surface area contributed by atoms with E-state index in [0.29, 0.717) is 11.3 Å². The second-order valence-corrected chi connectivity index (χ2v) is 9.66. The van der Waals surface area contributed by atoms with Crippen LogP contribution in [0.1, 0.15) is 57.2 Å². The molecule has 0 fully saturated rings. The van der Waals surface area contributed by atoms with Crippen molar-refractivity contribution in [2.75, 3.05) is 11.4 Å². The molecule has 0 aliphatic heterocycles. The summed E-state index contributed by atoms with van der Waals surface area (Å²) < 4.78 is 21.8. The molecule has 1 aliphatic rings. The summed E-state index contributed by atoms with van der Waals surface area (Å²) in [5.74, 6) is -0.220. The normalized spacial score (nSPS) is 16.6. The maximum Gasteiger partial charge on any atom is 0.245 e. The number of nitrogens with two attached hydrogens (primary N) is 1. The van der Waals surface area contributed by atoms with Crippen molar-refractivity contribution < 1.29 is 13.2 Å². The van der Waals surface area contributed by atoms with Gasteiger partial charge in [0.05, 0.1) is 11.9 Å². The number of amides is 1. The number of fused-ring (bicyclic) bond motifs is 1. The van der Waals surface area contributed by atoms with Crippen LogP contribution < -0.4 is 10.6 Å². The van der Waals surface area contributed by atoms with Crippen LogP contribution >= 0.6 is 0 Å². The van der Waals surface area contributed by atoms with Crippen molar-refractivity contribution in [1.29, 1.82) is 0 Å². The molecule has 0 aromatic heterocycles. The van der Waals surface area contributed by atoms with Gasteiger partial charge in [-0.15, -0.1) is 0 Å². The summed E-state index contributed by atoms with van der Waals surface area (Å²) in [6.45, 7) is 8.89. The maximum absolute atomic E-state index is 12.7. The van der Waals surface area contributed by atoms with E-state index in [1.54, 1.807) is 29.2 Å². The molecule has 0 heterocycles. The third-order valence-electron chi connectivity index (χ3n) is 5.90. The topological polar surface area (TPSA) is 80.5 Å². The number of anilines is 2. The minimum Gasteiger partial charge on any atom is -0.322 e. The highest BCUT2D eigenvalue weighted by Crippen LogP contribution is 2.47. The van der Waals surface area contributed by atoms with E-state index >= 15 is 0 Å². The second-order valence-electron chi connectivity index (χ2n) is 8.90. The van der Waals surface area contributed by atoms with Crippen LogP contribution in [0.3, 0.4) is 0 Å². The molecule has 2 aromatic rings. The quantitative estimate of drug-likeness (QED) is 0.777. The van der Waals surface area contributed by atoms with E-state index in [4.69, 9.17) is 5.73 Å². The van der Waals surface area contributed by atoms with Crippen LogP contribution in [0.15, 0.2) is 42.5 Å². The van der Waals surface area contributed by atoms with Crippen molar-refractivity contribution >= 4 is 32.9 Å². The summed E-state index contributed by atoms with van der Waals surface area (Å²) in [5.41, 5.74) is 10.4. The molecule has 0 saturated carbocycles. The van der Waals surface area contributed by atoms with Crippen molar-refractivity contribution in [3.8, 4) is 0 Å². The van der Waals surface area contributed by atoms with E-state index in [2.05, 4.69) is 39.8 Å². The van der Waals surface area contributed by atoms with Crippen molar-refractivity contribution in [1.82, 2.24) is 0 Å². The van der Waals surface area contributed by atoms with Gasteiger partial charge in [0.15, 0.2) is 0 Å². The van der Waals surface area contributed by atoms with E-state index in [-0.39, 0.29) is 23.3 Å². The number of nitrogens with zero attached hydrogens (tertiary/aromatic N) is 1. The first-order valence-electron chi connectivity index (χ1n) is 9.76. The number of benzene rings is 2. The lowest BCUT2D eigenvalue weighted by atomic mass is 9.63. The highest BCUT2D eigenvalue weighted by Gasteiger charge is 2.37. The van der Waals surface area contributed by atoms with Crippen LogP contribution in [-0.2, 0) is 25.9 Å². The molecule has 6 heteroatoms. The molecule has 154 valence electrons. The van der Waals surface area contributed by atoms with E-state index in [1.807, 2.05) is 6.07 Å². The van der Waals surface area contributed by atoms with Crippen LogP contribution in [0, 0.1) is 0 Å². The Hall–Kier alpha value is -2.44. The molecular weight excluding hydrogens is 384 g/mol. The van der Waals surface area contributed by atoms with Gasteiger partial charge < -0.3 is 5.73 Å². The van der Waals surface area contributed by atoms with Crippen molar-refractivity contribution in [3.63, 3.8) is 0 Å². The van der Waals surface area contributed by atoms with Crippen molar-refractivity contribution in [3.05, 3.63) is 59.2 Å². The molecule has 29 heavy (non-hydrogen) atoms. The van der Waals surface area contributed by atoms with Gasteiger partial charge in [-0.2, -0.15) is 8.42 Å². The molecule has 2 N–H and O–H groups in total. The number of carbonyl (C=O) groups is 1. The predicted molar refractivity (Wildman–Crippen MR) is 118 cm³/mol. The number of hydrogen-bond donors (Lipinski definition) is 1. The maximum atomic E-state index is 12.7. The fraction of sp³-hybridized carbons (Fsp3) is 0.391. The average molecular weight is 413 g/mol. The van der Waals surface area contributed by atoms with Gasteiger partial charge in [0.2, 0.25) is 16.2 Å². The Morgan fingerprint density at radius 3 is 2.07 bits per heavy atom. The summed E-state index contributed by atoms with van der Waals surface area (Å²) in [7, 11) is -2.27. The van der Waals surface area contributed by atoms with E-state index in [9.17, 15) is 13.2 Å². The zero-order valence-electron chi connectivity index (χ0n) is 17.4. The van der Waals surface area contributed by atoms with Crippen LogP contribution in [0.25, 0.3) is 0 Å². The number of carbonyl (C=O) groups excluding carboxylic acids is 1. The fourth-order valence-electron chi connectivity index (χ4n) is 4.06. The highest BCUT2D eigenvalue weighted by molar-refractivity contribution is 7.71. The van der Waals surface area contributed by atoms with Gasteiger partial charge in [0.1, 0.15) is 0 Å². The molecule has 1 aliphatic carbocycles. The van der Waals surface area contributed by atoms with Gasteiger partial charge in [-0.25, -0.2) is 0 Å². The van der Waals surface area contributed by atoms with Gasteiger partial charge in [-0.3, -0.25) is 9.69 Å². The van der Waals surface area contributed by atoms with E-state index < -0.39 is 10.3 Å².